The number of nitrogens with one attached hydrogen (secondary N) is 1. The van der Waals surface area contributed by atoms with E-state index in [0.29, 0.717) is 25.5 Å². The van der Waals surface area contributed by atoms with Crippen molar-refractivity contribution in [2.75, 3.05) is 19.7 Å². The first-order valence-corrected chi connectivity index (χ1v) is 21.4. The topological polar surface area (TPSA) is 102 Å². The summed E-state index contributed by atoms with van der Waals surface area (Å²) in [5.74, 6) is -0.657. The van der Waals surface area contributed by atoms with Crippen LogP contribution in [0.4, 0.5) is 0 Å². The highest BCUT2D eigenvalue weighted by Crippen LogP contribution is 2.15. The molecule has 0 aromatic rings. The van der Waals surface area contributed by atoms with Gasteiger partial charge in [-0.1, -0.05) is 187 Å². The fourth-order valence-corrected chi connectivity index (χ4v) is 6.70. The van der Waals surface area contributed by atoms with Gasteiger partial charge in [-0.2, -0.15) is 0 Å². The van der Waals surface area contributed by atoms with Crippen LogP contribution in [-0.2, 0) is 14.3 Å². The van der Waals surface area contributed by atoms with Gasteiger partial charge in [0.05, 0.1) is 6.61 Å². The zero-order valence-corrected chi connectivity index (χ0v) is 32.2. The Balaban J connectivity index is 3.30. The molecule has 1 atom stereocenters. The van der Waals surface area contributed by atoms with Gasteiger partial charge in [0.15, 0.2) is 0 Å². The van der Waals surface area contributed by atoms with Crippen LogP contribution in [0, 0.1) is 0 Å². The van der Waals surface area contributed by atoms with E-state index in [4.69, 9.17) is 15.6 Å². The van der Waals surface area contributed by atoms with Gasteiger partial charge in [0, 0.05) is 25.4 Å². The molecule has 0 bridgehead atoms. The minimum absolute atomic E-state index is 0.00814. The quantitative estimate of drug-likeness (QED) is 0.0439. The van der Waals surface area contributed by atoms with Gasteiger partial charge in [-0.15, -0.1) is 0 Å². The molecule has 0 heterocycles. The number of aliphatic carboxylic acids is 1. The normalized spacial score (nSPS) is 12.0. The average molecular weight is 681 g/mol. The number of rotatable bonds is 41. The molecule has 6 nitrogen and oxygen atoms in total. The van der Waals surface area contributed by atoms with E-state index in [1.807, 2.05) is 0 Å². The minimum atomic E-state index is -0.665. The van der Waals surface area contributed by atoms with Crippen molar-refractivity contribution in [2.45, 2.75) is 238 Å². The lowest BCUT2D eigenvalue weighted by atomic mass is 10.0. The second kappa shape index (κ2) is 40.3. The van der Waals surface area contributed by atoms with E-state index in [2.05, 4.69) is 12.2 Å². The van der Waals surface area contributed by atoms with Crippen molar-refractivity contribution >= 4 is 11.9 Å². The zero-order chi connectivity index (χ0) is 35.0. The van der Waals surface area contributed by atoms with Gasteiger partial charge < -0.3 is 20.9 Å². The summed E-state index contributed by atoms with van der Waals surface area (Å²) in [7, 11) is 0. The number of ether oxygens (including phenoxy) is 1. The molecular weight excluding hydrogens is 596 g/mol. The Morgan fingerprint density at radius 3 is 1.33 bits per heavy atom. The van der Waals surface area contributed by atoms with Crippen LogP contribution in [-0.4, -0.2) is 42.8 Å². The molecule has 0 radical (unpaired) electrons. The lowest BCUT2D eigenvalue weighted by Gasteiger charge is -2.16. The molecule has 0 saturated carbocycles. The summed E-state index contributed by atoms with van der Waals surface area (Å²) in [6.45, 7) is 4.73. The van der Waals surface area contributed by atoms with Crippen molar-refractivity contribution in [1.82, 2.24) is 5.32 Å². The number of nitrogens with two attached hydrogens (primary N) is 1. The Bertz CT molecular complexity index is 660. The maximum atomic E-state index is 11.9. The minimum Gasteiger partial charge on any atom is -0.481 e. The second-order valence-corrected chi connectivity index (χ2v) is 14.7. The van der Waals surface area contributed by atoms with E-state index in [9.17, 15) is 9.59 Å². The van der Waals surface area contributed by atoms with Gasteiger partial charge in [0.1, 0.15) is 0 Å². The molecule has 0 aliphatic rings. The molecule has 286 valence electrons. The number of hydrogen-bond donors (Lipinski definition) is 3. The van der Waals surface area contributed by atoms with Crippen LogP contribution >= 0.6 is 0 Å². The van der Waals surface area contributed by atoms with E-state index in [-0.39, 0.29) is 5.97 Å². The second-order valence-electron chi connectivity index (χ2n) is 14.7. The molecular formula is C42H84N2O4. The number of carbonyl (C=O) groups excluding carboxylic acids is 1. The predicted octanol–water partition coefficient (Wildman–Crippen LogP) is 12.2. The van der Waals surface area contributed by atoms with Crippen LogP contribution in [0.3, 0.4) is 0 Å². The maximum Gasteiger partial charge on any atom is 0.305 e. The number of carboxylic acids is 1. The number of carbonyl (C=O) groups is 2. The van der Waals surface area contributed by atoms with Gasteiger partial charge in [0.25, 0.3) is 0 Å². The lowest BCUT2D eigenvalue weighted by molar-refractivity contribution is -0.144. The Labute approximate surface area is 299 Å². The third-order valence-electron chi connectivity index (χ3n) is 9.98. The molecule has 6 heteroatoms. The molecule has 0 aromatic heterocycles. The molecule has 0 fully saturated rings. The third kappa shape index (κ3) is 39.3. The van der Waals surface area contributed by atoms with Gasteiger partial charge in [-0.05, 0) is 38.6 Å². The van der Waals surface area contributed by atoms with E-state index in [1.54, 1.807) is 0 Å². The molecule has 4 N–H and O–H groups in total. The summed E-state index contributed by atoms with van der Waals surface area (Å²) in [4.78, 5) is 22.5. The first kappa shape index (κ1) is 46.9. The van der Waals surface area contributed by atoms with Crippen molar-refractivity contribution in [3.63, 3.8) is 0 Å². The highest BCUT2D eigenvalue weighted by atomic mass is 16.5. The number of esters is 1. The molecule has 0 saturated heterocycles. The van der Waals surface area contributed by atoms with Crippen LogP contribution in [0.1, 0.15) is 232 Å². The van der Waals surface area contributed by atoms with E-state index in [0.717, 1.165) is 45.2 Å². The van der Waals surface area contributed by atoms with Gasteiger partial charge in [-0.25, -0.2) is 0 Å². The van der Waals surface area contributed by atoms with Crippen LogP contribution < -0.4 is 11.1 Å². The molecule has 0 aliphatic carbocycles. The zero-order valence-electron chi connectivity index (χ0n) is 32.2. The number of hydrogen-bond acceptors (Lipinski definition) is 5. The van der Waals surface area contributed by atoms with Crippen LogP contribution in [0.2, 0.25) is 0 Å². The molecule has 1 unspecified atom stereocenters. The average Bonchev–Trinajstić information content (AvgIpc) is 3.08. The monoisotopic (exact) mass is 681 g/mol. The molecule has 0 aromatic carbocycles. The fraction of sp³-hybridized carbons (Fsp3) is 0.952. The summed E-state index contributed by atoms with van der Waals surface area (Å²) in [5, 5.41) is 12.4. The van der Waals surface area contributed by atoms with Crippen LogP contribution in [0.5, 0.6) is 0 Å². The highest BCUT2D eigenvalue weighted by molar-refractivity contribution is 5.69. The van der Waals surface area contributed by atoms with Crippen molar-refractivity contribution < 1.29 is 19.4 Å². The molecule has 0 rings (SSSR count). The van der Waals surface area contributed by atoms with Crippen molar-refractivity contribution in [2.24, 2.45) is 5.73 Å². The summed E-state index contributed by atoms with van der Waals surface area (Å²) < 4.78 is 5.43. The fourth-order valence-electron chi connectivity index (χ4n) is 6.70. The first-order valence-electron chi connectivity index (χ1n) is 21.4. The predicted molar refractivity (Wildman–Crippen MR) is 207 cm³/mol. The summed E-state index contributed by atoms with van der Waals surface area (Å²) in [6, 6.07) is 0.478. The Kier molecular flexibility index (Phi) is 39.3. The maximum absolute atomic E-state index is 11.9. The smallest absolute Gasteiger partial charge is 0.305 e. The van der Waals surface area contributed by atoms with Crippen molar-refractivity contribution in [1.29, 1.82) is 0 Å². The largest absolute Gasteiger partial charge is 0.481 e. The number of carboxylic acid groups (broad SMARTS) is 1. The van der Waals surface area contributed by atoms with Crippen LogP contribution in [0.15, 0.2) is 0 Å². The molecule has 0 amide bonds. The number of unbranched alkanes of at least 4 members (excludes halogenated alkanes) is 29. The Morgan fingerprint density at radius 2 is 0.896 bits per heavy atom. The van der Waals surface area contributed by atoms with Gasteiger partial charge >= 0.3 is 11.9 Å². The lowest BCUT2D eigenvalue weighted by Crippen LogP contribution is -2.36. The summed E-state index contributed by atoms with van der Waals surface area (Å²) in [5.41, 5.74) is 6.02. The Morgan fingerprint density at radius 1 is 0.521 bits per heavy atom. The summed E-state index contributed by atoms with van der Waals surface area (Å²) in [6.07, 6.45) is 42.8. The van der Waals surface area contributed by atoms with Gasteiger partial charge in [0.2, 0.25) is 0 Å². The molecule has 0 aliphatic heterocycles. The third-order valence-corrected chi connectivity index (χ3v) is 9.98. The highest BCUT2D eigenvalue weighted by Gasteiger charge is 2.06. The molecule has 48 heavy (non-hydrogen) atoms. The van der Waals surface area contributed by atoms with Crippen molar-refractivity contribution in [3.8, 4) is 0 Å². The van der Waals surface area contributed by atoms with Crippen LogP contribution in [0.25, 0.3) is 0 Å². The summed E-state index contributed by atoms with van der Waals surface area (Å²) >= 11 is 0. The van der Waals surface area contributed by atoms with E-state index in [1.165, 1.54) is 180 Å². The SMILES string of the molecule is CCCCCCCCCCCCOC(=O)CCCCCCCCCCCCCNC(CN)CCCCCCCCCCCCCC(=O)O. The standard InChI is InChI=1S/C42H84N2O4/c1-2-3-4-5-6-7-18-23-28-33-38-48-42(47)36-31-26-21-16-12-9-13-17-22-27-32-37-44-40(39-43)34-29-24-19-14-10-8-11-15-20-25-30-35-41(45)46/h40,44H,2-39,43H2,1H3,(H,45,46). The Hall–Kier alpha value is -1.14. The van der Waals surface area contributed by atoms with Crippen molar-refractivity contribution in [3.05, 3.63) is 0 Å². The van der Waals surface area contributed by atoms with E-state index < -0.39 is 5.97 Å². The first-order chi connectivity index (χ1) is 23.6. The molecule has 0 spiro atoms. The van der Waals surface area contributed by atoms with E-state index >= 15 is 0 Å². The van der Waals surface area contributed by atoms with Gasteiger partial charge in [-0.3, -0.25) is 9.59 Å².